The Hall–Kier alpha value is -1.51. The summed E-state index contributed by atoms with van der Waals surface area (Å²) in [6.45, 7) is -0.0345. The molecule has 2 N–H and O–H groups in total. The summed E-state index contributed by atoms with van der Waals surface area (Å²) < 4.78 is 43.3. The van der Waals surface area contributed by atoms with Crippen molar-refractivity contribution in [2.24, 2.45) is 0 Å². The molecule has 2 aliphatic rings. The minimum atomic E-state index is -4.53. The van der Waals surface area contributed by atoms with E-state index in [9.17, 15) is 22.8 Å². The number of carboxylic acids is 1. The van der Waals surface area contributed by atoms with Gasteiger partial charge in [0, 0.05) is 20.1 Å². The zero-order chi connectivity index (χ0) is 15.1. The first-order chi connectivity index (χ1) is 9.20. The van der Waals surface area contributed by atoms with Gasteiger partial charge in [-0.25, -0.2) is 9.59 Å². The van der Waals surface area contributed by atoms with E-state index in [1.54, 1.807) is 0 Å². The topological polar surface area (TPSA) is 78.9 Å². The number of carboxylic acid groups (broad SMARTS) is 1. The van der Waals surface area contributed by atoms with E-state index in [0.29, 0.717) is 0 Å². The summed E-state index contributed by atoms with van der Waals surface area (Å²) in [6.07, 6.45) is -5.30. The maximum atomic E-state index is 12.8. The van der Waals surface area contributed by atoms with Crippen LogP contribution in [0.5, 0.6) is 0 Å². The second kappa shape index (κ2) is 4.80. The van der Waals surface area contributed by atoms with Gasteiger partial charge in [-0.1, -0.05) is 0 Å². The van der Waals surface area contributed by atoms with Gasteiger partial charge in [0.15, 0.2) is 0 Å². The van der Waals surface area contributed by atoms with E-state index < -0.39 is 35.9 Å². The molecule has 20 heavy (non-hydrogen) atoms. The monoisotopic (exact) mass is 296 g/mol. The van der Waals surface area contributed by atoms with Gasteiger partial charge in [0.25, 0.3) is 0 Å². The molecule has 0 aromatic heterocycles. The fourth-order valence-electron chi connectivity index (χ4n) is 2.31. The Morgan fingerprint density at radius 3 is 2.40 bits per heavy atom. The van der Waals surface area contributed by atoms with Crippen LogP contribution in [-0.4, -0.2) is 59.5 Å². The Morgan fingerprint density at radius 2 is 2.00 bits per heavy atom. The van der Waals surface area contributed by atoms with Crippen molar-refractivity contribution in [2.75, 3.05) is 13.7 Å². The number of nitrogens with one attached hydrogen (secondary N) is 1. The lowest BCUT2D eigenvalue weighted by molar-refractivity contribution is -0.163. The Bertz CT molecular complexity index is 422. The smallest absolute Gasteiger partial charge is 0.411 e. The number of alkyl halides is 3. The van der Waals surface area contributed by atoms with E-state index >= 15 is 0 Å². The molecule has 1 saturated carbocycles. The molecule has 2 amide bonds. The number of urea groups is 1. The van der Waals surface area contributed by atoms with Crippen molar-refractivity contribution in [3.8, 4) is 0 Å². The van der Waals surface area contributed by atoms with E-state index in [4.69, 9.17) is 9.84 Å². The van der Waals surface area contributed by atoms with Crippen LogP contribution in [0.1, 0.15) is 19.3 Å². The van der Waals surface area contributed by atoms with Crippen molar-refractivity contribution in [3.63, 3.8) is 0 Å². The summed E-state index contributed by atoms with van der Waals surface area (Å²) in [6, 6.07) is -2.17. The Labute approximate surface area is 112 Å². The fraction of sp³-hybridized carbons (Fsp3) is 0.818. The van der Waals surface area contributed by atoms with E-state index in [1.165, 1.54) is 7.11 Å². The molecule has 1 aliphatic carbocycles. The molecule has 9 heteroatoms. The van der Waals surface area contributed by atoms with Crippen LogP contribution in [0.2, 0.25) is 0 Å². The number of halogens is 3. The van der Waals surface area contributed by atoms with Crippen LogP contribution in [0.25, 0.3) is 0 Å². The summed E-state index contributed by atoms with van der Waals surface area (Å²) in [5, 5.41) is 10.9. The van der Waals surface area contributed by atoms with Gasteiger partial charge in [-0.05, 0) is 12.8 Å². The third-order valence-electron chi connectivity index (χ3n) is 3.78. The highest BCUT2D eigenvalue weighted by molar-refractivity contribution is 5.84. The van der Waals surface area contributed by atoms with Crippen LogP contribution in [0.4, 0.5) is 18.0 Å². The van der Waals surface area contributed by atoms with E-state index in [-0.39, 0.29) is 25.8 Å². The van der Waals surface area contributed by atoms with Gasteiger partial charge < -0.3 is 20.1 Å². The molecule has 2 fully saturated rings. The van der Waals surface area contributed by atoms with Crippen LogP contribution in [0.3, 0.4) is 0 Å². The second-order valence-corrected chi connectivity index (χ2v) is 5.11. The summed E-state index contributed by atoms with van der Waals surface area (Å²) >= 11 is 0. The number of rotatable bonds is 3. The predicted molar refractivity (Wildman–Crippen MR) is 60.1 cm³/mol. The van der Waals surface area contributed by atoms with Crippen LogP contribution in [0.15, 0.2) is 0 Å². The van der Waals surface area contributed by atoms with Crippen molar-refractivity contribution in [1.82, 2.24) is 10.2 Å². The lowest BCUT2D eigenvalue weighted by atomic mass is 10.2. The number of carbonyl (C=O) groups excluding carboxylic acids is 1. The van der Waals surface area contributed by atoms with Crippen molar-refractivity contribution in [1.29, 1.82) is 0 Å². The highest BCUT2D eigenvalue weighted by Crippen LogP contribution is 2.49. The molecule has 0 radical (unpaired) electrons. The first-order valence-electron chi connectivity index (χ1n) is 6.11. The van der Waals surface area contributed by atoms with Crippen LogP contribution >= 0.6 is 0 Å². The standard InChI is InChI=1S/C11H15F3N2O4/c1-20-6-4-7(8(17)18)16(5-6)9(19)15-10(2-3-10)11(12,13)14/h6-7H,2-5H2,1H3,(H,15,19)(H,17,18). The normalized spacial score (nSPS) is 28.3. The average Bonchev–Trinajstić information content (AvgIpc) is 2.99. The first-order valence-corrected chi connectivity index (χ1v) is 6.11. The number of nitrogens with zero attached hydrogens (tertiary/aromatic N) is 1. The number of hydrogen-bond acceptors (Lipinski definition) is 3. The fourth-order valence-corrected chi connectivity index (χ4v) is 2.31. The summed E-state index contributed by atoms with van der Waals surface area (Å²) in [4.78, 5) is 23.9. The van der Waals surface area contributed by atoms with Gasteiger partial charge in [-0.2, -0.15) is 13.2 Å². The number of ether oxygens (including phenoxy) is 1. The minimum Gasteiger partial charge on any atom is -0.480 e. The second-order valence-electron chi connectivity index (χ2n) is 5.11. The lowest BCUT2D eigenvalue weighted by Gasteiger charge is -2.27. The Kier molecular flexibility index (Phi) is 3.57. The summed E-state index contributed by atoms with van der Waals surface area (Å²) in [5.74, 6) is -1.25. The van der Waals surface area contributed by atoms with Gasteiger partial charge in [0.1, 0.15) is 11.6 Å². The van der Waals surface area contributed by atoms with Gasteiger partial charge in [-0.15, -0.1) is 0 Å². The van der Waals surface area contributed by atoms with Crippen molar-refractivity contribution >= 4 is 12.0 Å². The van der Waals surface area contributed by atoms with Crippen molar-refractivity contribution < 1.29 is 32.6 Å². The number of hydrogen-bond donors (Lipinski definition) is 2. The van der Waals surface area contributed by atoms with Gasteiger partial charge in [-0.3, -0.25) is 0 Å². The zero-order valence-corrected chi connectivity index (χ0v) is 10.7. The summed E-state index contributed by atoms with van der Waals surface area (Å²) in [7, 11) is 1.36. The predicted octanol–water partition coefficient (Wildman–Crippen LogP) is 0.965. The quantitative estimate of drug-likeness (QED) is 0.813. The largest absolute Gasteiger partial charge is 0.480 e. The number of likely N-dealkylation sites (tertiary alicyclic amines) is 1. The van der Waals surface area contributed by atoms with E-state index in [0.717, 1.165) is 4.90 Å². The van der Waals surface area contributed by atoms with E-state index in [2.05, 4.69) is 0 Å². The highest BCUT2D eigenvalue weighted by Gasteiger charge is 2.65. The first kappa shape index (κ1) is 14.9. The third-order valence-corrected chi connectivity index (χ3v) is 3.78. The van der Waals surface area contributed by atoms with Gasteiger partial charge >= 0.3 is 18.2 Å². The number of methoxy groups -OCH3 is 1. The molecule has 0 aromatic rings. The maximum absolute atomic E-state index is 12.8. The van der Waals surface area contributed by atoms with Gasteiger partial charge in [0.05, 0.1) is 6.10 Å². The average molecular weight is 296 g/mol. The third kappa shape index (κ3) is 2.54. The molecular formula is C11H15F3N2O4. The van der Waals surface area contributed by atoms with Gasteiger partial charge in [0.2, 0.25) is 0 Å². The highest BCUT2D eigenvalue weighted by atomic mass is 19.4. The molecule has 1 heterocycles. The SMILES string of the molecule is COC1CC(C(=O)O)N(C(=O)NC2(C(F)(F)F)CC2)C1. The molecule has 6 nitrogen and oxygen atoms in total. The zero-order valence-electron chi connectivity index (χ0n) is 10.7. The molecule has 2 unspecified atom stereocenters. The van der Waals surface area contributed by atoms with Crippen LogP contribution in [0, 0.1) is 0 Å². The molecular weight excluding hydrogens is 281 g/mol. The van der Waals surface area contributed by atoms with E-state index in [1.807, 2.05) is 5.32 Å². The number of aliphatic carboxylic acids is 1. The Morgan fingerprint density at radius 1 is 1.40 bits per heavy atom. The maximum Gasteiger partial charge on any atom is 0.411 e. The van der Waals surface area contributed by atoms with Crippen molar-refractivity contribution in [3.05, 3.63) is 0 Å². The molecule has 2 atom stereocenters. The molecule has 1 aliphatic heterocycles. The van der Waals surface area contributed by atoms with Crippen molar-refractivity contribution in [2.45, 2.75) is 43.1 Å². The summed E-state index contributed by atoms with van der Waals surface area (Å²) in [5.41, 5.74) is -2.20. The lowest BCUT2D eigenvalue weighted by Crippen LogP contribution is -2.54. The molecule has 0 spiro atoms. The van der Waals surface area contributed by atoms with Crippen LogP contribution in [-0.2, 0) is 9.53 Å². The number of amides is 2. The Balaban J connectivity index is 2.07. The molecule has 114 valence electrons. The molecule has 1 saturated heterocycles. The molecule has 0 bridgehead atoms. The van der Waals surface area contributed by atoms with Crippen LogP contribution < -0.4 is 5.32 Å². The molecule has 2 rings (SSSR count). The molecule has 0 aromatic carbocycles. The number of carbonyl (C=O) groups is 2. The minimum absolute atomic E-state index is 0.0345.